The van der Waals surface area contributed by atoms with Crippen molar-refractivity contribution in [2.24, 2.45) is 5.41 Å². The second kappa shape index (κ2) is 7.41. The van der Waals surface area contributed by atoms with Crippen molar-refractivity contribution in [3.05, 3.63) is 59.7 Å². The van der Waals surface area contributed by atoms with Crippen molar-refractivity contribution < 1.29 is 19.4 Å². The fourth-order valence-electron chi connectivity index (χ4n) is 4.38. The molecule has 0 radical (unpaired) electrons. The molecule has 1 unspecified atom stereocenters. The van der Waals surface area contributed by atoms with Gasteiger partial charge in [-0.2, -0.15) is 11.8 Å². The Morgan fingerprint density at radius 1 is 1.10 bits per heavy atom. The Bertz CT molecular complexity index is 912. The molecule has 0 bridgehead atoms. The van der Waals surface area contributed by atoms with Gasteiger partial charge in [-0.05, 0) is 34.4 Å². The topological polar surface area (TPSA) is 75.6 Å². The first-order valence-corrected chi connectivity index (χ1v) is 11.0. The third kappa shape index (κ3) is 3.29. The number of hydrogen-bond acceptors (Lipinski definition) is 4. The van der Waals surface area contributed by atoms with Gasteiger partial charge in [0.2, 0.25) is 0 Å². The smallest absolute Gasteiger partial charge is 0.408 e. The second-order valence-corrected chi connectivity index (χ2v) is 9.45. The van der Waals surface area contributed by atoms with E-state index in [9.17, 15) is 14.7 Å². The molecule has 152 valence electrons. The highest BCUT2D eigenvalue weighted by atomic mass is 32.2. The van der Waals surface area contributed by atoms with E-state index in [1.807, 2.05) is 38.1 Å². The monoisotopic (exact) mass is 411 g/mol. The standard InChI is InChI=1S/C23H25NO4S/c1-22(2)11-12-29-14-23(22,20(25)26)24-21(27)28-13-19-17-9-5-3-7-15(17)16-8-4-6-10-18(16)19/h3-10,19H,11-14H2,1-2H3,(H,24,27)(H,25,26). The third-order valence-corrected chi connectivity index (χ3v) is 7.50. The molecule has 2 aromatic rings. The van der Waals surface area contributed by atoms with E-state index in [1.54, 1.807) is 11.8 Å². The Morgan fingerprint density at radius 3 is 2.24 bits per heavy atom. The van der Waals surface area contributed by atoms with Gasteiger partial charge >= 0.3 is 12.1 Å². The predicted molar refractivity (Wildman–Crippen MR) is 114 cm³/mol. The molecule has 0 spiro atoms. The van der Waals surface area contributed by atoms with Crippen molar-refractivity contribution in [2.45, 2.75) is 31.7 Å². The summed E-state index contributed by atoms with van der Waals surface area (Å²) in [5, 5.41) is 12.6. The van der Waals surface area contributed by atoms with E-state index >= 15 is 0 Å². The minimum atomic E-state index is -1.33. The van der Waals surface area contributed by atoms with Crippen LogP contribution in [-0.2, 0) is 9.53 Å². The number of aliphatic carboxylic acids is 1. The zero-order chi connectivity index (χ0) is 20.6. The van der Waals surface area contributed by atoms with E-state index in [1.165, 1.54) is 0 Å². The Labute approximate surface area is 174 Å². The van der Waals surface area contributed by atoms with Crippen LogP contribution in [0.1, 0.15) is 37.3 Å². The van der Waals surface area contributed by atoms with Crippen molar-refractivity contribution in [1.29, 1.82) is 0 Å². The molecule has 1 aliphatic carbocycles. The van der Waals surface area contributed by atoms with Gasteiger partial charge in [-0.25, -0.2) is 9.59 Å². The van der Waals surface area contributed by atoms with Crippen LogP contribution in [0, 0.1) is 5.41 Å². The average Bonchev–Trinajstić information content (AvgIpc) is 3.02. The van der Waals surface area contributed by atoms with Crippen molar-refractivity contribution in [2.75, 3.05) is 18.1 Å². The Hall–Kier alpha value is -2.47. The summed E-state index contributed by atoms with van der Waals surface area (Å²) in [6.07, 6.45) is 0.0398. The Kier molecular flexibility index (Phi) is 5.07. The summed E-state index contributed by atoms with van der Waals surface area (Å²) in [5.41, 5.74) is 2.67. The molecule has 2 aromatic carbocycles. The number of carbonyl (C=O) groups is 2. The van der Waals surface area contributed by atoms with Crippen LogP contribution in [0.25, 0.3) is 11.1 Å². The average molecular weight is 412 g/mol. The maximum Gasteiger partial charge on any atom is 0.408 e. The summed E-state index contributed by atoms with van der Waals surface area (Å²) in [5.74, 6) is 0.152. The molecule has 1 saturated heterocycles. The minimum Gasteiger partial charge on any atom is -0.479 e. The number of thioether (sulfide) groups is 1. The highest BCUT2D eigenvalue weighted by molar-refractivity contribution is 7.99. The van der Waals surface area contributed by atoms with E-state index in [-0.39, 0.29) is 12.5 Å². The van der Waals surface area contributed by atoms with Crippen LogP contribution in [0.3, 0.4) is 0 Å². The van der Waals surface area contributed by atoms with Crippen LogP contribution in [0.4, 0.5) is 4.79 Å². The van der Waals surface area contributed by atoms with Crippen LogP contribution in [0.15, 0.2) is 48.5 Å². The molecule has 2 aliphatic rings. The van der Waals surface area contributed by atoms with Crippen LogP contribution < -0.4 is 5.32 Å². The van der Waals surface area contributed by atoms with Crippen molar-refractivity contribution in [3.8, 4) is 11.1 Å². The van der Waals surface area contributed by atoms with Crippen LogP contribution in [-0.4, -0.2) is 40.8 Å². The molecule has 6 heteroatoms. The lowest BCUT2D eigenvalue weighted by atomic mass is 9.71. The number of carboxylic acid groups (broad SMARTS) is 1. The summed E-state index contributed by atoms with van der Waals surface area (Å²) < 4.78 is 5.59. The first kappa shape index (κ1) is 19.8. The lowest BCUT2D eigenvalue weighted by molar-refractivity contribution is -0.149. The molecule has 1 aliphatic heterocycles. The highest BCUT2D eigenvalue weighted by Gasteiger charge is 2.54. The number of alkyl carbamates (subject to hydrolysis) is 1. The molecule has 1 atom stereocenters. The van der Waals surface area contributed by atoms with E-state index in [2.05, 4.69) is 29.6 Å². The van der Waals surface area contributed by atoms with Gasteiger partial charge in [0.05, 0.1) is 0 Å². The lowest BCUT2D eigenvalue weighted by Crippen LogP contribution is -2.66. The van der Waals surface area contributed by atoms with Crippen molar-refractivity contribution in [1.82, 2.24) is 5.32 Å². The van der Waals surface area contributed by atoms with E-state index in [0.717, 1.165) is 28.0 Å². The minimum absolute atomic E-state index is 0.0531. The fourth-order valence-corrected chi connectivity index (χ4v) is 6.07. The van der Waals surface area contributed by atoms with E-state index < -0.39 is 23.0 Å². The molecular weight excluding hydrogens is 386 g/mol. The van der Waals surface area contributed by atoms with Crippen molar-refractivity contribution in [3.63, 3.8) is 0 Å². The first-order valence-electron chi connectivity index (χ1n) is 9.80. The van der Waals surface area contributed by atoms with Gasteiger partial charge in [0, 0.05) is 17.1 Å². The largest absolute Gasteiger partial charge is 0.479 e. The molecule has 5 nitrogen and oxygen atoms in total. The van der Waals surface area contributed by atoms with Gasteiger partial charge in [-0.1, -0.05) is 62.4 Å². The number of carbonyl (C=O) groups excluding carboxylic acids is 1. The molecule has 1 fully saturated rings. The van der Waals surface area contributed by atoms with Gasteiger partial charge in [0.25, 0.3) is 0 Å². The van der Waals surface area contributed by atoms with Crippen molar-refractivity contribution >= 4 is 23.8 Å². The normalized spacial score (nSPS) is 22.4. The predicted octanol–water partition coefficient (Wildman–Crippen LogP) is 4.51. The van der Waals surface area contributed by atoms with Gasteiger partial charge in [0.1, 0.15) is 6.61 Å². The summed E-state index contributed by atoms with van der Waals surface area (Å²) in [7, 11) is 0. The number of benzene rings is 2. The maximum atomic E-state index is 12.7. The molecule has 0 aromatic heterocycles. The van der Waals surface area contributed by atoms with Gasteiger partial charge in [-0.15, -0.1) is 0 Å². The lowest BCUT2D eigenvalue weighted by Gasteiger charge is -2.46. The SMILES string of the molecule is CC1(C)CCSCC1(NC(=O)OCC1c2ccccc2-c2ccccc21)C(=O)O. The Morgan fingerprint density at radius 2 is 1.69 bits per heavy atom. The van der Waals surface area contributed by atoms with Crippen LogP contribution >= 0.6 is 11.8 Å². The number of amides is 1. The summed E-state index contributed by atoms with van der Waals surface area (Å²) in [6, 6.07) is 16.3. The number of hydrogen-bond donors (Lipinski definition) is 2. The summed E-state index contributed by atoms with van der Waals surface area (Å²) >= 11 is 1.55. The number of ether oxygens (including phenoxy) is 1. The molecule has 2 N–H and O–H groups in total. The molecule has 4 rings (SSSR count). The summed E-state index contributed by atoms with van der Waals surface area (Å²) in [4.78, 5) is 24.8. The van der Waals surface area contributed by atoms with Crippen LogP contribution in [0.5, 0.6) is 0 Å². The van der Waals surface area contributed by atoms with Crippen LogP contribution in [0.2, 0.25) is 0 Å². The molecular formula is C23H25NO4S. The van der Waals surface area contributed by atoms with Gasteiger partial charge in [0.15, 0.2) is 5.54 Å². The number of nitrogens with one attached hydrogen (secondary N) is 1. The van der Waals surface area contributed by atoms with Gasteiger partial charge in [-0.3, -0.25) is 0 Å². The second-order valence-electron chi connectivity index (χ2n) is 8.35. The molecule has 1 heterocycles. The van der Waals surface area contributed by atoms with Gasteiger partial charge < -0.3 is 15.2 Å². The number of rotatable bonds is 4. The molecule has 1 amide bonds. The quantitative estimate of drug-likeness (QED) is 0.774. The summed E-state index contributed by atoms with van der Waals surface area (Å²) in [6.45, 7) is 3.96. The van der Waals surface area contributed by atoms with E-state index in [0.29, 0.717) is 12.2 Å². The maximum absolute atomic E-state index is 12.7. The number of fused-ring (bicyclic) bond motifs is 3. The molecule has 0 saturated carbocycles. The zero-order valence-corrected chi connectivity index (χ0v) is 17.4. The number of carboxylic acids is 1. The Balaban J connectivity index is 1.52. The third-order valence-electron chi connectivity index (χ3n) is 6.37. The first-order chi connectivity index (χ1) is 13.9. The highest BCUT2D eigenvalue weighted by Crippen LogP contribution is 2.45. The zero-order valence-electron chi connectivity index (χ0n) is 16.6. The van der Waals surface area contributed by atoms with E-state index in [4.69, 9.17) is 4.74 Å². The molecule has 29 heavy (non-hydrogen) atoms. The fraction of sp³-hybridized carbons (Fsp3) is 0.391.